The monoisotopic (exact) mass is 404 g/mol. The summed E-state index contributed by atoms with van der Waals surface area (Å²) in [7, 11) is 0. The van der Waals surface area contributed by atoms with E-state index in [4.69, 9.17) is 0 Å². The number of nitrogens with zero attached hydrogens (tertiary/aromatic N) is 3. The first-order valence-electron chi connectivity index (χ1n) is 10.2. The van der Waals surface area contributed by atoms with Gasteiger partial charge in [-0.15, -0.1) is 11.3 Å². The average Bonchev–Trinajstić information content (AvgIpc) is 3.27. The van der Waals surface area contributed by atoms with Gasteiger partial charge < -0.3 is 15.1 Å². The Morgan fingerprint density at radius 3 is 2.36 bits per heavy atom. The Kier molecular flexibility index (Phi) is 5.68. The third-order valence-electron chi connectivity index (χ3n) is 5.78. The molecular formula is C20H28N4O3S. The molecule has 2 aliphatic heterocycles. The lowest BCUT2D eigenvalue weighted by molar-refractivity contribution is -0.131. The Morgan fingerprint density at radius 2 is 1.71 bits per heavy atom. The molecule has 8 heteroatoms. The van der Waals surface area contributed by atoms with Gasteiger partial charge in [0.2, 0.25) is 11.8 Å². The van der Waals surface area contributed by atoms with E-state index in [1.54, 1.807) is 0 Å². The minimum Gasteiger partial charge on any atom is -0.342 e. The lowest BCUT2D eigenvalue weighted by Gasteiger charge is -2.35. The standard InChI is InChI=1S/C20H28N4O3S/c1-14-12-16(21-19(26)15-4-5-15)28-18(14)20(27)24-10-8-22(9-11-24)13-17(25)23-6-2-3-7-23/h12,15H,2-11,13H2,1H3,(H,21,26). The van der Waals surface area contributed by atoms with Crippen molar-refractivity contribution in [3.05, 3.63) is 16.5 Å². The van der Waals surface area contributed by atoms with E-state index in [1.165, 1.54) is 11.3 Å². The van der Waals surface area contributed by atoms with Gasteiger partial charge in [-0.3, -0.25) is 19.3 Å². The number of amides is 3. The lowest BCUT2D eigenvalue weighted by Crippen LogP contribution is -2.51. The van der Waals surface area contributed by atoms with Gasteiger partial charge in [0.25, 0.3) is 5.91 Å². The Bertz CT molecular complexity index is 760. The number of thiophene rings is 1. The molecular weight excluding hydrogens is 376 g/mol. The molecule has 4 rings (SSSR count). The van der Waals surface area contributed by atoms with Crippen LogP contribution in [0, 0.1) is 12.8 Å². The van der Waals surface area contributed by atoms with Gasteiger partial charge in [-0.05, 0) is 44.2 Å². The zero-order chi connectivity index (χ0) is 19.7. The van der Waals surface area contributed by atoms with Crippen LogP contribution >= 0.6 is 11.3 Å². The molecule has 0 atom stereocenters. The maximum Gasteiger partial charge on any atom is 0.264 e. The molecule has 1 aromatic heterocycles. The van der Waals surface area contributed by atoms with E-state index in [1.807, 2.05) is 22.8 Å². The van der Waals surface area contributed by atoms with Gasteiger partial charge in [0.15, 0.2) is 0 Å². The SMILES string of the molecule is Cc1cc(NC(=O)C2CC2)sc1C(=O)N1CCN(CC(=O)N2CCCC2)CC1. The molecule has 3 fully saturated rings. The summed E-state index contributed by atoms with van der Waals surface area (Å²) in [6, 6.07) is 1.89. The van der Waals surface area contributed by atoms with Crippen LogP contribution in [0.2, 0.25) is 0 Å². The first kappa shape index (κ1) is 19.4. The number of hydrogen-bond acceptors (Lipinski definition) is 5. The molecule has 3 heterocycles. The Hall–Kier alpha value is -1.93. The lowest BCUT2D eigenvalue weighted by atomic mass is 10.2. The quantitative estimate of drug-likeness (QED) is 0.812. The molecule has 152 valence electrons. The van der Waals surface area contributed by atoms with Gasteiger partial charge in [-0.1, -0.05) is 0 Å². The van der Waals surface area contributed by atoms with Crippen molar-refractivity contribution >= 4 is 34.1 Å². The fourth-order valence-corrected chi connectivity index (χ4v) is 4.88. The van der Waals surface area contributed by atoms with E-state index in [0.717, 1.165) is 62.4 Å². The third kappa shape index (κ3) is 4.38. The number of likely N-dealkylation sites (tertiary alicyclic amines) is 1. The first-order chi connectivity index (χ1) is 13.5. The van der Waals surface area contributed by atoms with Crippen molar-refractivity contribution in [2.45, 2.75) is 32.6 Å². The number of carbonyl (C=O) groups excluding carboxylic acids is 3. The molecule has 0 bridgehead atoms. The van der Waals surface area contributed by atoms with Crippen molar-refractivity contribution in [3.63, 3.8) is 0 Å². The molecule has 1 aromatic rings. The molecule has 1 aliphatic carbocycles. The highest BCUT2D eigenvalue weighted by molar-refractivity contribution is 7.18. The summed E-state index contributed by atoms with van der Waals surface area (Å²) in [6.07, 6.45) is 4.15. The Labute approximate surface area is 169 Å². The third-order valence-corrected chi connectivity index (χ3v) is 6.92. The van der Waals surface area contributed by atoms with Crippen LogP contribution in [0.25, 0.3) is 0 Å². The van der Waals surface area contributed by atoms with Crippen LogP contribution in [0.5, 0.6) is 0 Å². The van der Waals surface area contributed by atoms with Crippen molar-refractivity contribution in [2.75, 3.05) is 51.1 Å². The van der Waals surface area contributed by atoms with E-state index >= 15 is 0 Å². The molecule has 0 spiro atoms. The largest absolute Gasteiger partial charge is 0.342 e. The van der Waals surface area contributed by atoms with Crippen molar-refractivity contribution in [2.24, 2.45) is 5.92 Å². The maximum absolute atomic E-state index is 12.9. The Balaban J connectivity index is 1.29. The topological polar surface area (TPSA) is 73.0 Å². The fourth-order valence-electron chi connectivity index (χ4n) is 3.84. The number of nitrogens with one attached hydrogen (secondary N) is 1. The molecule has 0 unspecified atom stereocenters. The molecule has 1 saturated carbocycles. The number of carbonyl (C=O) groups is 3. The molecule has 0 aromatic carbocycles. The minimum atomic E-state index is 0.0277. The first-order valence-corrected chi connectivity index (χ1v) is 11.0. The van der Waals surface area contributed by atoms with Crippen molar-refractivity contribution < 1.29 is 14.4 Å². The van der Waals surface area contributed by atoms with Crippen LogP contribution < -0.4 is 5.32 Å². The normalized spacial score (nSPS) is 20.5. The highest BCUT2D eigenvalue weighted by Crippen LogP contribution is 2.33. The smallest absolute Gasteiger partial charge is 0.264 e. The number of aryl methyl sites for hydroxylation is 1. The molecule has 7 nitrogen and oxygen atoms in total. The van der Waals surface area contributed by atoms with E-state index in [-0.39, 0.29) is 23.6 Å². The highest BCUT2D eigenvalue weighted by Gasteiger charge is 2.31. The summed E-state index contributed by atoms with van der Waals surface area (Å²) in [4.78, 5) is 43.9. The zero-order valence-electron chi connectivity index (χ0n) is 16.4. The van der Waals surface area contributed by atoms with Crippen LogP contribution in [0.15, 0.2) is 6.07 Å². The van der Waals surface area contributed by atoms with Crippen LogP contribution in [-0.2, 0) is 9.59 Å². The van der Waals surface area contributed by atoms with Gasteiger partial charge >= 0.3 is 0 Å². The average molecular weight is 405 g/mol. The van der Waals surface area contributed by atoms with E-state index in [9.17, 15) is 14.4 Å². The molecule has 3 amide bonds. The number of piperazine rings is 1. The van der Waals surface area contributed by atoms with Gasteiger partial charge in [-0.25, -0.2) is 0 Å². The minimum absolute atomic E-state index is 0.0277. The zero-order valence-corrected chi connectivity index (χ0v) is 17.2. The number of anilines is 1. The molecule has 1 N–H and O–H groups in total. The summed E-state index contributed by atoms with van der Waals surface area (Å²) in [5, 5.41) is 3.69. The summed E-state index contributed by atoms with van der Waals surface area (Å²) < 4.78 is 0. The summed E-state index contributed by atoms with van der Waals surface area (Å²) >= 11 is 1.37. The molecule has 28 heavy (non-hydrogen) atoms. The van der Waals surface area contributed by atoms with Crippen molar-refractivity contribution in [1.29, 1.82) is 0 Å². The predicted octanol–water partition coefficient (Wildman–Crippen LogP) is 1.79. The fraction of sp³-hybridized carbons (Fsp3) is 0.650. The van der Waals surface area contributed by atoms with Crippen LogP contribution in [-0.4, -0.2) is 78.2 Å². The van der Waals surface area contributed by atoms with Crippen LogP contribution in [0.1, 0.15) is 40.9 Å². The molecule has 3 aliphatic rings. The molecule has 0 radical (unpaired) electrons. The van der Waals surface area contributed by atoms with Gasteiger partial charge in [0.1, 0.15) is 0 Å². The highest BCUT2D eigenvalue weighted by atomic mass is 32.1. The second-order valence-electron chi connectivity index (χ2n) is 8.04. The van der Waals surface area contributed by atoms with E-state index in [0.29, 0.717) is 24.5 Å². The summed E-state index contributed by atoms with van der Waals surface area (Å²) in [6.45, 7) is 6.85. The van der Waals surface area contributed by atoms with Gasteiger partial charge in [0, 0.05) is 45.2 Å². The van der Waals surface area contributed by atoms with E-state index in [2.05, 4.69) is 10.2 Å². The Morgan fingerprint density at radius 1 is 1.04 bits per heavy atom. The predicted molar refractivity (Wildman–Crippen MR) is 109 cm³/mol. The van der Waals surface area contributed by atoms with Crippen LogP contribution in [0.4, 0.5) is 5.00 Å². The summed E-state index contributed by atoms with van der Waals surface area (Å²) in [5.41, 5.74) is 0.910. The number of rotatable bonds is 5. The van der Waals surface area contributed by atoms with Crippen molar-refractivity contribution in [1.82, 2.24) is 14.7 Å². The maximum atomic E-state index is 12.9. The van der Waals surface area contributed by atoms with Gasteiger partial charge in [0.05, 0.1) is 16.4 Å². The second-order valence-corrected chi connectivity index (χ2v) is 9.09. The summed E-state index contributed by atoms with van der Waals surface area (Å²) in [5.74, 6) is 0.455. The van der Waals surface area contributed by atoms with Crippen molar-refractivity contribution in [3.8, 4) is 0 Å². The van der Waals surface area contributed by atoms with E-state index < -0.39 is 0 Å². The van der Waals surface area contributed by atoms with Gasteiger partial charge in [-0.2, -0.15) is 0 Å². The van der Waals surface area contributed by atoms with Crippen LogP contribution in [0.3, 0.4) is 0 Å². The number of hydrogen-bond donors (Lipinski definition) is 1. The second kappa shape index (κ2) is 8.21. The molecule has 2 saturated heterocycles.